The number of ether oxygens (including phenoxy) is 1. The van der Waals surface area contributed by atoms with Gasteiger partial charge in [-0.2, -0.15) is 0 Å². The van der Waals surface area contributed by atoms with E-state index in [1.807, 2.05) is 0 Å². The van der Waals surface area contributed by atoms with Gasteiger partial charge in [-0.3, -0.25) is 0 Å². The van der Waals surface area contributed by atoms with Crippen LogP contribution in [0.25, 0.3) is 0 Å². The first-order chi connectivity index (χ1) is 5.36. The molecule has 1 aliphatic heterocycles. The number of thiocarbonyl (C=S) groups is 1. The molecule has 1 aliphatic carbocycles. The van der Waals surface area contributed by atoms with Crippen molar-refractivity contribution in [2.24, 2.45) is 5.92 Å². The van der Waals surface area contributed by atoms with E-state index in [-0.39, 0.29) is 0 Å². The Kier molecular flexibility index (Phi) is 1.98. The Morgan fingerprint density at radius 1 is 1.36 bits per heavy atom. The van der Waals surface area contributed by atoms with E-state index in [2.05, 4.69) is 5.32 Å². The third-order valence-corrected chi connectivity index (χ3v) is 2.85. The van der Waals surface area contributed by atoms with Crippen LogP contribution in [-0.2, 0) is 4.74 Å². The lowest BCUT2D eigenvalue weighted by Crippen LogP contribution is -2.46. The predicted octanol–water partition coefficient (Wildman–Crippen LogP) is 1.45. The van der Waals surface area contributed by atoms with Crippen LogP contribution in [0.15, 0.2) is 0 Å². The molecule has 2 aliphatic rings. The minimum atomic E-state index is 0.428. The van der Waals surface area contributed by atoms with E-state index in [9.17, 15) is 0 Å². The second-order valence-electron chi connectivity index (χ2n) is 3.37. The van der Waals surface area contributed by atoms with Crippen molar-refractivity contribution in [3.8, 4) is 0 Å². The minimum absolute atomic E-state index is 0.428. The van der Waals surface area contributed by atoms with E-state index in [1.165, 1.54) is 25.7 Å². The largest absolute Gasteiger partial charge is 0.467 e. The van der Waals surface area contributed by atoms with Gasteiger partial charge in [0.2, 0.25) is 0 Å². The molecule has 11 heavy (non-hydrogen) atoms. The molecule has 2 unspecified atom stereocenters. The quantitative estimate of drug-likeness (QED) is 0.557. The molecule has 1 N–H and O–H groups in total. The molecular formula is C8H13NOS. The van der Waals surface area contributed by atoms with Crippen LogP contribution in [0.1, 0.15) is 25.7 Å². The number of hydrogen-bond acceptors (Lipinski definition) is 2. The van der Waals surface area contributed by atoms with E-state index >= 15 is 0 Å². The molecule has 3 heteroatoms. The molecule has 0 radical (unpaired) electrons. The van der Waals surface area contributed by atoms with Crippen LogP contribution >= 0.6 is 12.2 Å². The van der Waals surface area contributed by atoms with Gasteiger partial charge < -0.3 is 10.1 Å². The maximum absolute atomic E-state index is 5.51. The first-order valence-corrected chi connectivity index (χ1v) is 4.71. The van der Waals surface area contributed by atoms with Crippen molar-refractivity contribution < 1.29 is 4.74 Å². The molecule has 0 aromatic heterocycles. The van der Waals surface area contributed by atoms with E-state index in [4.69, 9.17) is 17.0 Å². The molecule has 0 spiro atoms. The molecule has 0 amide bonds. The average Bonchev–Trinajstić information content (AvgIpc) is 2.04. The summed E-state index contributed by atoms with van der Waals surface area (Å²) in [6.45, 7) is 1.03. The number of fused-ring (bicyclic) bond motifs is 1. The third kappa shape index (κ3) is 1.48. The maximum Gasteiger partial charge on any atom is 0.256 e. The monoisotopic (exact) mass is 171 g/mol. The summed E-state index contributed by atoms with van der Waals surface area (Å²) in [6, 6.07) is 0. The Morgan fingerprint density at radius 3 is 3.09 bits per heavy atom. The second-order valence-corrected chi connectivity index (χ2v) is 3.74. The van der Waals surface area contributed by atoms with Gasteiger partial charge in [0, 0.05) is 12.5 Å². The summed E-state index contributed by atoms with van der Waals surface area (Å²) in [4.78, 5) is 0. The highest BCUT2D eigenvalue weighted by molar-refractivity contribution is 7.80. The summed E-state index contributed by atoms with van der Waals surface area (Å²) in [7, 11) is 0. The Morgan fingerprint density at radius 2 is 2.18 bits per heavy atom. The summed E-state index contributed by atoms with van der Waals surface area (Å²) >= 11 is 4.94. The topological polar surface area (TPSA) is 21.3 Å². The van der Waals surface area contributed by atoms with Gasteiger partial charge in [-0.05, 0) is 31.5 Å². The smallest absolute Gasteiger partial charge is 0.256 e. The van der Waals surface area contributed by atoms with Gasteiger partial charge in [-0.1, -0.05) is 6.42 Å². The van der Waals surface area contributed by atoms with Crippen LogP contribution in [0.5, 0.6) is 0 Å². The summed E-state index contributed by atoms with van der Waals surface area (Å²) in [5, 5.41) is 3.70. The van der Waals surface area contributed by atoms with Crippen LogP contribution in [0.3, 0.4) is 0 Å². The molecule has 0 aromatic rings. The first kappa shape index (κ1) is 7.35. The lowest BCUT2D eigenvalue weighted by Gasteiger charge is -2.36. The highest BCUT2D eigenvalue weighted by atomic mass is 32.1. The van der Waals surface area contributed by atoms with E-state index in [0.717, 1.165) is 12.5 Å². The van der Waals surface area contributed by atoms with Crippen molar-refractivity contribution in [2.75, 3.05) is 6.54 Å². The molecule has 1 heterocycles. The third-order valence-electron chi connectivity index (χ3n) is 2.61. The van der Waals surface area contributed by atoms with Crippen molar-refractivity contribution in [3.63, 3.8) is 0 Å². The maximum atomic E-state index is 5.51. The number of rotatable bonds is 0. The fourth-order valence-corrected chi connectivity index (χ4v) is 2.16. The van der Waals surface area contributed by atoms with Gasteiger partial charge >= 0.3 is 0 Å². The van der Waals surface area contributed by atoms with Crippen molar-refractivity contribution in [1.29, 1.82) is 0 Å². The van der Waals surface area contributed by atoms with Gasteiger partial charge in [0.25, 0.3) is 5.17 Å². The highest BCUT2D eigenvalue weighted by Crippen LogP contribution is 2.28. The molecule has 2 atom stereocenters. The van der Waals surface area contributed by atoms with Crippen molar-refractivity contribution in [1.82, 2.24) is 5.32 Å². The number of hydrogen-bond donors (Lipinski definition) is 1. The molecule has 0 aromatic carbocycles. The van der Waals surface area contributed by atoms with Crippen LogP contribution in [-0.4, -0.2) is 17.8 Å². The normalized spacial score (nSPS) is 36.9. The van der Waals surface area contributed by atoms with E-state index in [0.29, 0.717) is 11.3 Å². The molecule has 2 fully saturated rings. The zero-order valence-corrected chi connectivity index (χ0v) is 7.32. The summed E-state index contributed by atoms with van der Waals surface area (Å²) in [5.41, 5.74) is 0. The van der Waals surface area contributed by atoms with E-state index in [1.54, 1.807) is 0 Å². The van der Waals surface area contributed by atoms with E-state index < -0.39 is 0 Å². The summed E-state index contributed by atoms with van der Waals surface area (Å²) in [5.74, 6) is 0.718. The van der Waals surface area contributed by atoms with Gasteiger partial charge in [0.1, 0.15) is 6.10 Å². The zero-order valence-electron chi connectivity index (χ0n) is 6.51. The lowest BCUT2D eigenvalue weighted by atomic mass is 9.86. The molecular weight excluding hydrogens is 158 g/mol. The fourth-order valence-electron chi connectivity index (χ4n) is 1.96. The Labute approximate surface area is 72.3 Å². The molecule has 1 saturated heterocycles. The number of nitrogens with one attached hydrogen (secondary N) is 1. The van der Waals surface area contributed by atoms with Crippen LogP contribution in [0.4, 0.5) is 0 Å². The lowest BCUT2D eigenvalue weighted by molar-refractivity contribution is 0.0604. The molecule has 2 rings (SSSR count). The standard InChI is InChI=1S/C8H13NOS/c11-8-9-5-6-3-1-2-4-7(6)10-8/h6-7H,1-5H2,(H,9,11). The minimum Gasteiger partial charge on any atom is -0.467 e. The molecule has 1 saturated carbocycles. The van der Waals surface area contributed by atoms with Gasteiger partial charge in [0.15, 0.2) is 0 Å². The van der Waals surface area contributed by atoms with Gasteiger partial charge in [-0.15, -0.1) is 0 Å². The Bertz CT molecular complexity index is 171. The predicted molar refractivity (Wildman–Crippen MR) is 47.4 cm³/mol. The fraction of sp³-hybridized carbons (Fsp3) is 0.875. The zero-order chi connectivity index (χ0) is 7.68. The summed E-state index contributed by atoms with van der Waals surface area (Å²) in [6.07, 6.45) is 5.60. The second kappa shape index (κ2) is 2.97. The van der Waals surface area contributed by atoms with Crippen LogP contribution in [0.2, 0.25) is 0 Å². The van der Waals surface area contributed by atoms with Crippen molar-refractivity contribution in [2.45, 2.75) is 31.8 Å². The molecule has 2 nitrogen and oxygen atoms in total. The van der Waals surface area contributed by atoms with Gasteiger partial charge in [0.05, 0.1) is 0 Å². The molecule has 62 valence electrons. The van der Waals surface area contributed by atoms with Gasteiger partial charge in [-0.25, -0.2) is 0 Å². The SMILES string of the molecule is S=C1NCC2CCCCC2O1. The Balaban J connectivity index is 1.98. The Hall–Kier alpha value is -0.310. The molecule has 0 bridgehead atoms. The van der Waals surface area contributed by atoms with Crippen molar-refractivity contribution >= 4 is 17.4 Å². The average molecular weight is 171 g/mol. The van der Waals surface area contributed by atoms with Crippen LogP contribution < -0.4 is 5.32 Å². The highest BCUT2D eigenvalue weighted by Gasteiger charge is 2.30. The summed E-state index contributed by atoms with van der Waals surface area (Å²) < 4.78 is 5.51. The van der Waals surface area contributed by atoms with Crippen molar-refractivity contribution in [3.05, 3.63) is 0 Å². The van der Waals surface area contributed by atoms with Crippen LogP contribution in [0, 0.1) is 5.92 Å². The first-order valence-electron chi connectivity index (χ1n) is 4.31.